The SMILES string of the molecule is CCn1nc(-c2cccc(Oc3ccccc3OC)c2)cc(NC(=O)Nc2c(Cl)cncc2Cl)c1=O. The number of para-hydroxylation sites is 2. The van der Waals surface area contributed by atoms with Gasteiger partial charge in [0.05, 0.1) is 28.5 Å². The molecule has 184 valence electrons. The van der Waals surface area contributed by atoms with Gasteiger partial charge in [-0.3, -0.25) is 9.78 Å². The van der Waals surface area contributed by atoms with Gasteiger partial charge in [0.1, 0.15) is 11.4 Å². The summed E-state index contributed by atoms with van der Waals surface area (Å²) >= 11 is 12.1. The predicted molar refractivity (Wildman–Crippen MR) is 140 cm³/mol. The Labute approximate surface area is 216 Å². The molecule has 0 saturated heterocycles. The Bertz CT molecular complexity index is 1460. The van der Waals surface area contributed by atoms with E-state index in [0.717, 1.165) is 0 Å². The molecule has 0 atom stereocenters. The van der Waals surface area contributed by atoms with E-state index in [1.807, 2.05) is 18.2 Å². The molecular formula is C25H21Cl2N5O4. The van der Waals surface area contributed by atoms with E-state index >= 15 is 0 Å². The molecule has 0 aliphatic carbocycles. The first-order chi connectivity index (χ1) is 17.4. The summed E-state index contributed by atoms with van der Waals surface area (Å²) in [6, 6.07) is 15.3. The number of carbonyl (C=O) groups excluding carboxylic acids is 1. The van der Waals surface area contributed by atoms with E-state index in [2.05, 4.69) is 20.7 Å². The van der Waals surface area contributed by atoms with Crippen LogP contribution in [0.1, 0.15) is 6.92 Å². The van der Waals surface area contributed by atoms with E-state index in [-0.39, 0.29) is 21.4 Å². The molecule has 0 aliphatic rings. The second kappa shape index (κ2) is 11.1. The molecule has 0 radical (unpaired) electrons. The molecule has 0 fully saturated rings. The number of pyridine rings is 1. The van der Waals surface area contributed by atoms with Crippen molar-refractivity contribution in [2.24, 2.45) is 0 Å². The lowest BCUT2D eigenvalue weighted by molar-refractivity contribution is 0.262. The van der Waals surface area contributed by atoms with Crippen molar-refractivity contribution in [3.05, 3.63) is 87.4 Å². The first kappa shape index (κ1) is 25.0. The van der Waals surface area contributed by atoms with Crippen molar-refractivity contribution < 1.29 is 14.3 Å². The van der Waals surface area contributed by atoms with Crippen LogP contribution in [0.4, 0.5) is 16.2 Å². The number of carbonyl (C=O) groups is 1. The summed E-state index contributed by atoms with van der Waals surface area (Å²) in [4.78, 5) is 29.3. The maximum absolute atomic E-state index is 12.8. The number of nitrogens with one attached hydrogen (secondary N) is 2. The number of anilines is 2. The number of aryl methyl sites for hydroxylation is 1. The molecule has 0 bridgehead atoms. The van der Waals surface area contributed by atoms with Gasteiger partial charge in [0.25, 0.3) is 5.56 Å². The Balaban J connectivity index is 1.63. The van der Waals surface area contributed by atoms with E-state index in [0.29, 0.717) is 35.1 Å². The predicted octanol–water partition coefficient (Wildman–Crippen LogP) is 6.08. The number of nitrogens with zero attached hydrogens (tertiary/aromatic N) is 3. The molecule has 0 saturated carbocycles. The fourth-order valence-corrected chi connectivity index (χ4v) is 3.79. The topological polar surface area (TPSA) is 107 Å². The normalized spacial score (nSPS) is 10.6. The minimum Gasteiger partial charge on any atom is -0.493 e. The third kappa shape index (κ3) is 5.59. The second-order valence-corrected chi connectivity index (χ2v) is 8.22. The van der Waals surface area contributed by atoms with Gasteiger partial charge < -0.3 is 20.1 Å². The number of amides is 2. The van der Waals surface area contributed by atoms with E-state index in [1.165, 1.54) is 23.1 Å². The molecule has 0 unspecified atom stereocenters. The van der Waals surface area contributed by atoms with Gasteiger partial charge in [0.15, 0.2) is 11.5 Å². The van der Waals surface area contributed by atoms with E-state index < -0.39 is 11.6 Å². The van der Waals surface area contributed by atoms with Gasteiger partial charge in [-0.2, -0.15) is 5.10 Å². The molecule has 2 aromatic heterocycles. The summed E-state index contributed by atoms with van der Waals surface area (Å²) in [5.41, 5.74) is 0.865. The molecule has 4 aromatic rings. The molecule has 2 heterocycles. The van der Waals surface area contributed by atoms with Gasteiger partial charge in [-0.25, -0.2) is 9.48 Å². The lowest BCUT2D eigenvalue weighted by atomic mass is 10.1. The minimum atomic E-state index is -0.699. The fraction of sp³-hybridized carbons (Fsp3) is 0.120. The number of methoxy groups -OCH3 is 1. The number of benzene rings is 2. The largest absolute Gasteiger partial charge is 0.493 e. The first-order valence-corrected chi connectivity index (χ1v) is 11.6. The van der Waals surface area contributed by atoms with Crippen molar-refractivity contribution in [3.63, 3.8) is 0 Å². The van der Waals surface area contributed by atoms with Crippen LogP contribution in [0.25, 0.3) is 11.3 Å². The summed E-state index contributed by atoms with van der Waals surface area (Å²) in [6.07, 6.45) is 2.69. The monoisotopic (exact) mass is 525 g/mol. The summed E-state index contributed by atoms with van der Waals surface area (Å²) in [7, 11) is 1.57. The highest BCUT2D eigenvalue weighted by Gasteiger charge is 2.15. The Morgan fingerprint density at radius 3 is 2.42 bits per heavy atom. The molecule has 0 aliphatic heterocycles. The van der Waals surface area contributed by atoms with Gasteiger partial charge in [-0.15, -0.1) is 0 Å². The average Bonchev–Trinajstić information content (AvgIpc) is 2.88. The van der Waals surface area contributed by atoms with Crippen LogP contribution in [-0.4, -0.2) is 27.9 Å². The Morgan fingerprint density at radius 1 is 1.00 bits per heavy atom. The molecule has 9 nitrogen and oxygen atoms in total. The van der Waals surface area contributed by atoms with Crippen molar-refractivity contribution in [1.82, 2.24) is 14.8 Å². The Hall–Kier alpha value is -4.08. The number of urea groups is 1. The number of aromatic nitrogens is 3. The van der Waals surface area contributed by atoms with Gasteiger partial charge >= 0.3 is 6.03 Å². The number of ether oxygens (including phenoxy) is 2. The van der Waals surface area contributed by atoms with Crippen molar-refractivity contribution in [2.45, 2.75) is 13.5 Å². The highest BCUT2D eigenvalue weighted by Crippen LogP contribution is 2.33. The summed E-state index contributed by atoms with van der Waals surface area (Å²) < 4.78 is 12.6. The van der Waals surface area contributed by atoms with Gasteiger partial charge in [-0.05, 0) is 37.3 Å². The first-order valence-electron chi connectivity index (χ1n) is 10.8. The summed E-state index contributed by atoms with van der Waals surface area (Å²) in [5, 5.41) is 9.84. The van der Waals surface area contributed by atoms with Crippen LogP contribution in [0.2, 0.25) is 10.0 Å². The van der Waals surface area contributed by atoms with Crippen molar-refractivity contribution in [1.29, 1.82) is 0 Å². The van der Waals surface area contributed by atoms with Gasteiger partial charge in [0.2, 0.25) is 0 Å². The van der Waals surface area contributed by atoms with Crippen molar-refractivity contribution >= 4 is 40.6 Å². The molecule has 4 rings (SSSR count). The molecule has 2 amide bonds. The van der Waals surface area contributed by atoms with Crippen LogP contribution in [0.3, 0.4) is 0 Å². The van der Waals surface area contributed by atoms with E-state index in [1.54, 1.807) is 44.4 Å². The number of hydrogen-bond donors (Lipinski definition) is 2. The lowest BCUT2D eigenvalue weighted by Crippen LogP contribution is -2.29. The second-order valence-electron chi connectivity index (χ2n) is 7.40. The van der Waals surface area contributed by atoms with Gasteiger partial charge in [-0.1, -0.05) is 47.5 Å². The Morgan fingerprint density at radius 2 is 1.72 bits per heavy atom. The molecule has 11 heteroatoms. The zero-order chi connectivity index (χ0) is 25.7. The molecule has 2 N–H and O–H groups in total. The molecule has 2 aromatic carbocycles. The third-order valence-electron chi connectivity index (χ3n) is 5.04. The molecule has 36 heavy (non-hydrogen) atoms. The standard InChI is InChI=1S/C25H21Cl2N5O4/c1-3-32-24(33)20(29-25(34)30-23-17(26)13-28-14-18(23)27)12-19(31-32)15-7-6-8-16(11-15)36-22-10-5-4-9-21(22)35-2/h4-14H,3H2,1-2H3,(H2,28,29,30,34). The smallest absolute Gasteiger partial charge is 0.323 e. The fourth-order valence-electron chi connectivity index (χ4n) is 3.33. The van der Waals surface area contributed by atoms with Crippen LogP contribution >= 0.6 is 23.2 Å². The number of rotatable bonds is 7. The maximum atomic E-state index is 12.8. The van der Waals surface area contributed by atoms with Crippen LogP contribution in [0, 0.1) is 0 Å². The quantitative estimate of drug-likeness (QED) is 0.302. The van der Waals surface area contributed by atoms with Crippen molar-refractivity contribution in [3.8, 4) is 28.5 Å². The van der Waals surface area contributed by atoms with Crippen molar-refractivity contribution in [2.75, 3.05) is 17.7 Å². The molecular weight excluding hydrogens is 505 g/mol. The summed E-state index contributed by atoms with van der Waals surface area (Å²) in [6.45, 7) is 2.07. The van der Waals surface area contributed by atoms with Crippen LogP contribution in [0.5, 0.6) is 17.2 Å². The maximum Gasteiger partial charge on any atom is 0.323 e. The van der Waals surface area contributed by atoms with Crippen LogP contribution < -0.4 is 25.7 Å². The minimum absolute atomic E-state index is 0.0247. The third-order valence-corrected chi connectivity index (χ3v) is 5.61. The average molecular weight is 526 g/mol. The summed E-state index contributed by atoms with van der Waals surface area (Å²) in [5.74, 6) is 1.69. The number of hydrogen-bond acceptors (Lipinski definition) is 6. The highest BCUT2D eigenvalue weighted by molar-refractivity contribution is 6.39. The van der Waals surface area contributed by atoms with Gasteiger partial charge in [0, 0.05) is 24.5 Å². The zero-order valence-electron chi connectivity index (χ0n) is 19.3. The molecule has 0 spiro atoms. The number of halogens is 2. The Kier molecular flexibility index (Phi) is 7.72. The van der Waals surface area contributed by atoms with Crippen LogP contribution in [0.15, 0.2) is 71.8 Å². The zero-order valence-corrected chi connectivity index (χ0v) is 20.8. The van der Waals surface area contributed by atoms with Crippen LogP contribution in [-0.2, 0) is 6.54 Å². The van der Waals surface area contributed by atoms with E-state index in [9.17, 15) is 9.59 Å². The highest BCUT2D eigenvalue weighted by atomic mass is 35.5. The lowest BCUT2D eigenvalue weighted by Gasteiger charge is -2.13. The van der Waals surface area contributed by atoms with E-state index in [4.69, 9.17) is 32.7 Å².